The van der Waals surface area contributed by atoms with Crippen molar-refractivity contribution in [2.24, 2.45) is 0 Å². The molecule has 0 spiro atoms. The smallest absolute Gasteiger partial charge is 0.411 e. The summed E-state index contributed by atoms with van der Waals surface area (Å²) in [5.41, 5.74) is 3.86. The zero-order valence-corrected chi connectivity index (χ0v) is 17.7. The number of methoxy groups -OCH3 is 1. The number of carbonyl (C=O) groups is 1. The first-order chi connectivity index (χ1) is 14.8. The number of fused-ring (bicyclic) bond motifs is 1. The number of halogens is 3. The molecule has 1 aliphatic rings. The summed E-state index contributed by atoms with van der Waals surface area (Å²) >= 11 is 0. The Bertz CT molecular complexity index is 915. The van der Waals surface area contributed by atoms with E-state index >= 15 is 0 Å². The Morgan fingerprint density at radius 1 is 1.16 bits per heavy atom. The Labute approximate surface area is 179 Å². The molecule has 2 atom stereocenters. The Morgan fingerprint density at radius 2 is 1.84 bits per heavy atom. The zero-order chi connectivity index (χ0) is 22.6. The summed E-state index contributed by atoms with van der Waals surface area (Å²) in [5.74, 6) is -0.0918. The summed E-state index contributed by atoms with van der Waals surface area (Å²) in [6.07, 6.45) is -3.27. The van der Waals surface area contributed by atoms with Gasteiger partial charge in [0.05, 0.1) is 7.11 Å². The van der Waals surface area contributed by atoms with Gasteiger partial charge < -0.3 is 14.3 Å². The van der Waals surface area contributed by atoms with Crippen molar-refractivity contribution in [1.82, 2.24) is 5.48 Å². The molecule has 31 heavy (non-hydrogen) atoms. The molecule has 5 nitrogen and oxygen atoms in total. The van der Waals surface area contributed by atoms with Crippen LogP contribution in [0.25, 0.3) is 0 Å². The van der Waals surface area contributed by atoms with E-state index in [-0.39, 0.29) is 11.3 Å². The van der Waals surface area contributed by atoms with E-state index in [1.807, 2.05) is 19.9 Å². The van der Waals surface area contributed by atoms with E-state index in [1.54, 1.807) is 24.3 Å². The maximum Gasteiger partial charge on any atom is 0.411 e. The number of aryl methyl sites for hydroxylation is 1. The first-order valence-electron chi connectivity index (χ1n) is 10.3. The quantitative estimate of drug-likeness (QED) is 0.562. The third-order valence-electron chi connectivity index (χ3n) is 5.12. The van der Waals surface area contributed by atoms with E-state index in [9.17, 15) is 18.0 Å². The molecule has 1 heterocycles. The summed E-state index contributed by atoms with van der Waals surface area (Å²) < 4.78 is 51.7. The zero-order valence-electron chi connectivity index (χ0n) is 17.7. The average molecular weight is 437 g/mol. The lowest BCUT2D eigenvalue weighted by Gasteiger charge is -2.23. The SMILES string of the molecule is CCCc1cc2c(c(CCC)c1OC(C(=O)OC)c1ccccc1)ONC2C(F)(F)F. The van der Waals surface area contributed by atoms with Crippen molar-refractivity contribution in [2.75, 3.05) is 7.11 Å². The van der Waals surface area contributed by atoms with Gasteiger partial charge in [0.15, 0.2) is 11.8 Å². The van der Waals surface area contributed by atoms with E-state index in [2.05, 4.69) is 5.48 Å². The van der Waals surface area contributed by atoms with E-state index in [1.165, 1.54) is 13.2 Å². The predicted octanol–water partition coefficient (Wildman–Crippen LogP) is 5.39. The van der Waals surface area contributed by atoms with Gasteiger partial charge in [-0.1, -0.05) is 57.0 Å². The maximum absolute atomic E-state index is 13.5. The minimum absolute atomic E-state index is 0.0427. The highest BCUT2D eigenvalue weighted by atomic mass is 19.4. The van der Waals surface area contributed by atoms with Crippen LogP contribution in [0.2, 0.25) is 0 Å². The number of carbonyl (C=O) groups excluding carboxylic acids is 1. The van der Waals surface area contributed by atoms with Gasteiger partial charge in [0.1, 0.15) is 5.75 Å². The van der Waals surface area contributed by atoms with Crippen LogP contribution in [0.3, 0.4) is 0 Å². The molecule has 0 aromatic heterocycles. The Balaban J connectivity index is 2.15. The van der Waals surface area contributed by atoms with Crippen LogP contribution in [0.5, 0.6) is 11.5 Å². The number of nitrogens with one attached hydrogen (secondary N) is 1. The summed E-state index contributed by atoms with van der Waals surface area (Å²) in [7, 11) is 1.27. The molecule has 1 aliphatic heterocycles. The van der Waals surface area contributed by atoms with Crippen molar-refractivity contribution in [3.63, 3.8) is 0 Å². The second-order valence-electron chi connectivity index (χ2n) is 7.39. The van der Waals surface area contributed by atoms with Gasteiger partial charge in [0, 0.05) is 16.7 Å². The Kier molecular flexibility index (Phi) is 7.10. The molecule has 2 aromatic carbocycles. The molecule has 0 aliphatic carbocycles. The van der Waals surface area contributed by atoms with Crippen LogP contribution in [0.15, 0.2) is 36.4 Å². The molecule has 8 heteroatoms. The highest BCUT2D eigenvalue weighted by Crippen LogP contribution is 2.48. The number of benzene rings is 2. The summed E-state index contributed by atoms with van der Waals surface area (Å²) in [6.45, 7) is 3.85. The second-order valence-corrected chi connectivity index (χ2v) is 7.39. The monoisotopic (exact) mass is 437 g/mol. The fourth-order valence-electron chi connectivity index (χ4n) is 3.73. The van der Waals surface area contributed by atoms with Crippen LogP contribution >= 0.6 is 0 Å². The highest BCUT2D eigenvalue weighted by Gasteiger charge is 2.47. The molecule has 0 amide bonds. The molecule has 0 fully saturated rings. The first kappa shape index (κ1) is 22.9. The standard InChI is InChI=1S/C23H26F3NO4/c1-4-9-15-13-17-20(31-27-21(17)23(24,25)26)16(10-5-2)18(15)30-19(22(28)29-3)14-11-7-6-8-12-14/h6-8,11-13,19,21,27H,4-5,9-10H2,1-3H3. The predicted molar refractivity (Wildman–Crippen MR) is 109 cm³/mol. The first-order valence-corrected chi connectivity index (χ1v) is 10.3. The average Bonchev–Trinajstić information content (AvgIpc) is 3.18. The Hall–Kier alpha value is -2.74. The molecule has 0 radical (unpaired) electrons. The molecule has 2 unspecified atom stereocenters. The van der Waals surface area contributed by atoms with Gasteiger partial charge in [0.25, 0.3) is 0 Å². The number of hydroxylamine groups is 1. The third kappa shape index (κ3) is 4.79. The lowest BCUT2D eigenvalue weighted by Crippen LogP contribution is -2.30. The van der Waals surface area contributed by atoms with Crippen LogP contribution in [0.4, 0.5) is 13.2 Å². The maximum atomic E-state index is 13.5. The number of rotatable bonds is 8. The van der Waals surface area contributed by atoms with Gasteiger partial charge in [0.2, 0.25) is 6.10 Å². The Morgan fingerprint density at radius 3 is 2.42 bits per heavy atom. The van der Waals surface area contributed by atoms with Crippen molar-refractivity contribution in [2.45, 2.75) is 57.9 Å². The van der Waals surface area contributed by atoms with Crippen LogP contribution in [0.1, 0.15) is 61.1 Å². The fourth-order valence-corrected chi connectivity index (χ4v) is 3.73. The molecule has 3 rings (SSSR count). The number of alkyl halides is 3. The van der Waals surface area contributed by atoms with E-state index < -0.39 is 24.3 Å². The fraction of sp³-hybridized carbons (Fsp3) is 0.435. The molecule has 0 saturated carbocycles. The summed E-state index contributed by atoms with van der Waals surface area (Å²) in [6, 6.07) is 8.42. The number of hydrogen-bond donors (Lipinski definition) is 1. The lowest BCUT2D eigenvalue weighted by atomic mass is 9.93. The molecule has 0 bridgehead atoms. The molecular formula is C23H26F3NO4. The van der Waals surface area contributed by atoms with Gasteiger partial charge in [-0.25, -0.2) is 4.79 Å². The number of ether oxygens (including phenoxy) is 2. The van der Waals surface area contributed by atoms with Crippen LogP contribution in [0, 0.1) is 0 Å². The largest absolute Gasteiger partial charge is 0.473 e. The van der Waals surface area contributed by atoms with Gasteiger partial charge >= 0.3 is 12.1 Å². The molecule has 1 N–H and O–H groups in total. The molecule has 0 saturated heterocycles. The highest BCUT2D eigenvalue weighted by molar-refractivity contribution is 5.77. The van der Waals surface area contributed by atoms with Crippen molar-refractivity contribution >= 4 is 5.97 Å². The topological polar surface area (TPSA) is 56.8 Å². The second kappa shape index (κ2) is 9.60. The normalized spacial score (nSPS) is 16.4. The van der Waals surface area contributed by atoms with Gasteiger partial charge in [-0.05, 0) is 24.5 Å². The van der Waals surface area contributed by atoms with E-state index in [4.69, 9.17) is 14.3 Å². The van der Waals surface area contributed by atoms with Crippen molar-refractivity contribution < 1.29 is 32.3 Å². The van der Waals surface area contributed by atoms with Crippen molar-refractivity contribution in [3.8, 4) is 11.5 Å². The number of hydrogen-bond acceptors (Lipinski definition) is 5. The van der Waals surface area contributed by atoms with Gasteiger partial charge in [-0.3, -0.25) is 0 Å². The lowest BCUT2D eigenvalue weighted by molar-refractivity contribution is -0.167. The van der Waals surface area contributed by atoms with Crippen LogP contribution in [-0.2, 0) is 22.4 Å². The van der Waals surface area contributed by atoms with Crippen LogP contribution in [-0.4, -0.2) is 19.3 Å². The van der Waals surface area contributed by atoms with Gasteiger partial charge in [-0.2, -0.15) is 13.2 Å². The minimum Gasteiger partial charge on any atom is -0.473 e. The van der Waals surface area contributed by atoms with E-state index in [0.717, 1.165) is 0 Å². The number of esters is 1. The van der Waals surface area contributed by atoms with E-state index in [0.29, 0.717) is 48.1 Å². The molecule has 2 aromatic rings. The summed E-state index contributed by atoms with van der Waals surface area (Å²) in [4.78, 5) is 17.8. The molecular weight excluding hydrogens is 411 g/mol. The molecule has 168 valence electrons. The van der Waals surface area contributed by atoms with Crippen molar-refractivity contribution in [3.05, 3.63) is 58.7 Å². The minimum atomic E-state index is -4.50. The van der Waals surface area contributed by atoms with Crippen molar-refractivity contribution in [1.29, 1.82) is 0 Å². The van der Waals surface area contributed by atoms with Gasteiger partial charge in [-0.15, -0.1) is 5.48 Å². The third-order valence-corrected chi connectivity index (χ3v) is 5.12. The summed E-state index contributed by atoms with van der Waals surface area (Å²) in [5, 5.41) is 0. The van der Waals surface area contributed by atoms with Crippen LogP contribution < -0.4 is 15.1 Å².